The van der Waals surface area contributed by atoms with Crippen LogP contribution in [0.25, 0.3) is 0 Å². The van der Waals surface area contributed by atoms with Crippen molar-refractivity contribution in [2.75, 3.05) is 13.9 Å². The second-order valence-electron chi connectivity index (χ2n) is 11.4. The molecule has 0 radical (unpaired) electrons. The van der Waals surface area contributed by atoms with Crippen LogP contribution in [0.15, 0.2) is 145 Å². The summed E-state index contributed by atoms with van der Waals surface area (Å²) in [6.45, 7) is 2.43. The van der Waals surface area contributed by atoms with Crippen LogP contribution < -0.4 is 31.3 Å². The lowest BCUT2D eigenvalue weighted by Crippen LogP contribution is -2.36. The molecule has 1 heterocycles. The number of rotatable bonds is 8. The van der Waals surface area contributed by atoms with Crippen LogP contribution in [0.2, 0.25) is 0 Å². The van der Waals surface area contributed by atoms with E-state index in [4.69, 9.17) is 14.2 Å². The van der Waals surface area contributed by atoms with Gasteiger partial charge in [0, 0.05) is 17.1 Å². The third kappa shape index (κ3) is 5.63. The van der Waals surface area contributed by atoms with Gasteiger partial charge in [-0.3, -0.25) is 0 Å². The van der Waals surface area contributed by atoms with E-state index in [0.29, 0.717) is 5.75 Å². The lowest BCUT2D eigenvalue weighted by atomic mass is 9.81. The molecule has 0 saturated heterocycles. The van der Waals surface area contributed by atoms with Crippen molar-refractivity contribution in [1.29, 1.82) is 0 Å². The summed E-state index contributed by atoms with van der Waals surface area (Å²) >= 11 is 0. The molecule has 0 amide bonds. The van der Waals surface area contributed by atoms with Gasteiger partial charge >= 0.3 is 0 Å². The molecule has 1 aliphatic heterocycles. The predicted molar refractivity (Wildman–Crippen MR) is 187 cm³/mol. The minimum Gasteiger partial charge on any atom is -0.504 e. The molecule has 7 rings (SSSR count). The van der Waals surface area contributed by atoms with Gasteiger partial charge in [-0.05, 0) is 60.9 Å². The van der Waals surface area contributed by atoms with E-state index in [9.17, 15) is 5.11 Å². The highest BCUT2D eigenvalue weighted by molar-refractivity contribution is 7.80. The normalized spacial score (nSPS) is 19.2. The summed E-state index contributed by atoms with van der Waals surface area (Å²) in [5, 5.41) is 18.4. The molecule has 226 valence electrons. The first-order valence-corrected chi connectivity index (χ1v) is 18.1. The van der Waals surface area contributed by atoms with Gasteiger partial charge in [0.25, 0.3) is 0 Å². The predicted octanol–water partition coefficient (Wildman–Crippen LogP) is 7.00. The molecule has 1 aliphatic carbocycles. The molecule has 0 aromatic heterocycles. The molecule has 3 atom stereocenters. The minimum atomic E-state index is -1.03. The van der Waals surface area contributed by atoms with E-state index in [-0.39, 0.29) is 30.0 Å². The molecular weight excluding hydrogens is 594 g/mol. The molecule has 0 saturated carbocycles. The lowest BCUT2D eigenvalue weighted by molar-refractivity contribution is 0.0638. The van der Waals surface area contributed by atoms with E-state index in [0.717, 1.165) is 28.8 Å². The molecular formula is C39H36O4P2. The van der Waals surface area contributed by atoms with E-state index in [1.54, 1.807) is 7.11 Å². The average Bonchev–Trinajstić information content (AvgIpc) is 3.59. The molecule has 5 aromatic rings. The zero-order valence-corrected chi connectivity index (χ0v) is 27.2. The van der Waals surface area contributed by atoms with Crippen molar-refractivity contribution in [1.82, 2.24) is 0 Å². The van der Waals surface area contributed by atoms with Crippen LogP contribution in [0.5, 0.6) is 11.5 Å². The van der Waals surface area contributed by atoms with E-state index in [1.807, 2.05) is 6.07 Å². The summed E-state index contributed by atoms with van der Waals surface area (Å²) in [7, 11) is -0.270. The molecule has 4 nitrogen and oxygen atoms in total. The number of hydrogen-bond acceptors (Lipinski definition) is 4. The van der Waals surface area contributed by atoms with Crippen LogP contribution in [0.3, 0.4) is 0 Å². The SMILES string of the molecule is COc1ccc(P(c2ccccc2)c2ccccc2)c(C2C3=C(OCO3)C(C)CC2P(c2ccccc2)c2ccccc2)c1O. The van der Waals surface area contributed by atoms with Crippen LogP contribution in [0.1, 0.15) is 24.8 Å². The molecule has 45 heavy (non-hydrogen) atoms. The standard InChI is InChI=1S/C39H36O4P2/c1-27-25-34(45(30-19-11-5-12-20-30)31-21-13-6-14-22-31)36(39-38(27)42-26-43-39)35-33(24-23-32(41-2)37(35)40)44(28-15-7-3-8-16-28)29-17-9-4-10-18-29/h3-24,27,34,36,40H,25-26H2,1-2H3. The second-order valence-corrected chi connectivity index (χ2v) is 16.0. The van der Waals surface area contributed by atoms with Crippen molar-refractivity contribution in [2.45, 2.75) is 24.9 Å². The van der Waals surface area contributed by atoms with Crippen molar-refractivity contribution in [2.24, 2.45) is 5.92 Å². The minimum absolute atomic E-state index is 0.125. The van der Waals surface area contributed by atoms with E-state index < -0.39 is 15.8 Å². The van der Waals surface area contributed by atoms with Crippen molar-refractivity contribution in [3.05, 3.63) is 151 Å². The highest BCUT2D eigenvalue weighted by Crippen LogP contribution is 2.59. The quantitative estimate of drug-likeness (QED) is 0.188. The largest absolute Gasteiger partial charge is 0.504 e. The summed E-state index contributed by atoms with van der Waals surface area (Å²) < 4.78 is 18.4. The topological polar surface area (TPSA) is 47.9 Å². The Bertz CT molecular complexity index is 1700. The van der Waals surface area contributed by atoms with Gasteiger partial charge < -0.3 is 19.3 Å². The van der Waals surface area contributed by atoms with Gasteiger partial charge in [0.15, 0.2) is 11.5 Å². The summed E-state index contributed by atoms with van der Waals surface area (Å²) in [5.41, 5.74) is 1.00. The first kappa shape index (κ1) is 29.6. The van der Waals surface area contributed by atoms with Crippen molar-refractivity contribution >= 4 is 42.4 Å². The van der Waals surface area contributed by atoms with E-state index in [1.165, 1.54) is 21.2 Å². The van der Waals surface area contributed by atoms with Gasteiger partial charge in [-0.2, -0.15) is 0 Å². The zero-order chi connectivity index (χ0) is 30.8. The number of phenolic OH excluding ortho intramolecular Hbond substituents is 1. The number of aromatic hydroxyl groups is 1. The Kier molecular flexibility index (Phi) is 8.61. The smallest absolute Gasteiger partial charge is 0.230 e. The van der Waals surface area contributed by atoms with E-state index >= 15 is 0 Å². The molecule has 1 N–H and O–H groups in total. The molecule has 0 bridgehead atoms. The first-order chi connectivity index (χ1) is 22.2. The molecule has 0 spiro atoms. The molecule has 2 aliphatic rings. The van der Waals surface area contributed by atoms with Crippen LogP contribution in [0, 0.1) is 5.92 Å². The third-order valence-corrected chi connectivity index (χ3v) is 14.1. The van der Waals surface area contributed by atoms with Gasteiger partial charge in [-0.25, -0.2) is 0 Å². The Morgan fingerprint density at radius 1 is 0.644 bits per heavy atom. The van der Waals surface area contributed by atoms with Gasteiger partial charge in [-0.1, -0.05) is 128 Å². The fourth-order valence-electron chi connectivity index (χ4n) is 6.82. The third-order valence-electron chi connectivity index (χ3n) is 8.74. The summed E-state index contributed by atoms with van der Waals surface area (Å²) in [6.07, 6.45) is 0.896. The average molecular weight is 631 g/mol. The zero-order valence-electron chi connectivity index (χ0n) is 25.4. The Morgan fingerprint density at radius 3 is 1.64 bits per heavy atom. The summed E-state index contributed by atoms with van der Waals surface area (Å²) in [4.78, 5) is 0. The van der Waals surface area contributed by atoms with Gasteiger partial charge in [0.05, 0.1) is 13.0 Å². The molecule has 3 unspecified atom stereocenters. The maximum atomic E-state index is 12.3. The number of benzene rings is 5. The maximum absolute atomic E-state index is 12.3. The number of hydrogen-bond donors (Lipinski definition) is 1. The Morgan fingerprint density at radius 2 is 1.13 bits per heavy atom. The Hall–Kier alpha value is -4.10. The van der Waals surface area contributed by atoms with Crippen molar-refractivity contribution in [3.8, 4) is 11.5 Å². The van der Waals surface area contributed by atoms with Gasteiger partial charge in [0.2, 0.25) is 6.79 Å². The molecule has 5 aromatic carbocycles. The van der Waals surface area contributed by atoms with Crippen LogP contribution >= 0.6 is 15.8 Å². The van der Waals surface area contributed by atoms with Crippen molar-refractivity contribution in [3.63, 3.8) is 0 Å². The Labute approximate surface area is 267 Å². The highest BCUT2D eigenvalue weighted by Gasteiger charge is 2.47. The van der Waals surface area contributed by atoms with Crippen molar-refractivity contribution < 1.29 is 19.3 Å². The fourth-order valence-corrected chi connectivity index (χ4v) is 12.5. The Balaban J connectivity index is 1.52. The van der Waals surface area contributed by atoms with Gasteiger partial charge in [0.1, 0.15) is 11.5 Å². The van der Waals surface area contributed by atoms with Gasteiger partial charge in [-0.15, -0.1) is 0 Å². The number of allylic oxidation sites excluding steroid dienone is 2. The summed E-state index contributed by atoms with van der Waals surface area (Å²) in [6, 6.07) is 47.1. The number of methoxy groups -OCH3 is 1. The first-order valence-electron chi connectivity index (χ1n) is 15.3. The van der Waals surface area contributed by atoms with E-state index in [2.05, 4.69) is 134 Å². The summed E-state index contributed by atoms with van der Waals surface area (Å²) in [5.74, 6) is 2.34. The molecule has 0 fully saturated rings. The number of ether oxygens (including phenoxy) is 3. The number of phenols is 1. The maximum Gasteiger partial charge on any atom is 0.230 e. The lowest BCUT2D eigenvalue weighted by Gasteiger charge is -2.41. The monoisotopic (exact) mass is 630 g/mol. The fraction of sp³-hybridized carbons (Fsp3) is 0.179. The highest BCUT2D eigenvalue weighted by atomic mass is 31.1. The van der Waals surface area contributed by atoms with Crippen LogP contribution in [0.4, 0.5) is 0 Å². The van der Waals surface area contributed by atoms with Crippen LogP contribution in [-0.2, 0) is 9.47 Å². The molecule has 6 heteroatoms. The van der Waals surface area contributed by atoms with Crippen LogP contribution in [-0.4, -0.2) is 24.7 Å². The second kappa shape index (κ2) is 13.1.